The first kappa shape index (κ1) is 12.6. The van der Waals surface area contributed by atoms with Crippen LogP contribution in [0.15, 0.2) is 29.2 Å². The number of rotatable bonds is 4. The van der Waals surface area contributed by atoms with Crippen molar-refractivity contribution in [2.24, 2.45) is 0 Å². The van der Waals surface area contributed by atoms with E-state index in [2.05, 4.69) is 17.2 Å². The van der Waals surface area contributed by atoms with Gasteiger partial charge in [-0.1, -0.05) is 12.1 Å². The van der Waals surface area contributed by atoms with Gasteiger partial charge in [-0.25, -0.2) is 8.42 Å². The van der Waals surface area contributed by atoms with Gasteiger partial charge in [-0.05, 0) is 19.1 Å². The molecule has 0 fully saturated rings. The summed E-state index contributed by atoms with van der Waals surface area (Å²) in [6.07, 6.45) is 1.91. The fourth-order valence-corrected chi connectivity index (χ4v) is 2.19. The van der Waals surface area contributed by atoms with Gasteiger partial charge in [0.05, 0.1) is 10.6 Å². The van der Waals surface area contributed by atoms with Gasteiger partial charge in [-0.3, -0.25) is 0 Å². The molecule has 0 spiro atoms. The number of hydrogen-bond donors (Lipinski definition) is 1. The van der Waals surface area contributed by atoms with E-state index in [1.807, 2.05) is 6.07 Å². The van der Waals surface area contributed by atoms with Crippen LogP contribution in [-0.2, 0) is 9.84 Å². The zero-order valence-electron chi connectivity index (χ0n) is 9.45. The molecular formula is C12H15NO2S. The summed E-state index contributed by atoms with van der Waals surface area (Å²) in [4.78, 5) is 0.333. The van der Waals surface area contributed by atoms with Crippen molar-refractivity contribution in [1.29, 1.82) is 0 Å². The largest absolute Gasteiger partial charge is 0.383 e. The Morgan fingerprint density at radius 1 is 1.31 bits per heavy atom. The lowest BCUT2D eigenvalue weighted by molar-refractivity contribution is 0.602. The maximum Gasteiger partial charge on any atom is 0.177 e. The van der Waals surface area contributed by atoms with Crippen molar-refractivity contribution in [3.63, 3.8) is 0 Å². The first-order valence-corrected chi connectivity index (χ1v) is 6.87. The van der Waals surface area contributed by atoms with Crippen LogP contribution >= 0.6 is 0 Å². The van der Waals surface area contributed by atoms with Crippen molar-refractivity contribution in [3.8, 4) is 11.8 Å². The van der Waals surface area contributed by atoms with Crippen molar-refractivity contribution >= 4 is 15.5 Å². The van der Waals surface area contributed by atoms with Gasteiger partial charge < -0.3 is 5.32 Å². The van der Waals surface area contributed by atoms with E-state index >= 15 is 0 Å². The van der Waals surface area contributed by atoms with Crippen LogP contribution < -0.4 is 5.32 Å². The molecule has 0 aromatic heterocycles. The number of nitrogens with one attached hydrogen (secondary N) is 1. The molecule has 0 saturated heterocycles. The van der Waals surface area contributed by atoms with E-state index in [1.54, 1.807) is 25.1 Å². The monoisotopic (exact) mass is 237 g/mol. The quantitative estimate of drug-likeness (QED) is 0.643. The van der Waals surface area contributed by atoms with Gasteiger partial charge in [0.2, 0.25) is 0 Å². The van der Waals surface area contributed by atoms with E-state index in [1.165, 1.54) is 6.26 Å². The minimum atomic E-state index is -3.17. The predicted molar refractivity (Wildman–Crippen MR) is 66.1 cm³/mol. The molecule has 0 unspecified atom stereocenters. The molecule has 3 nitrogen and oxygen atoms in total. The Labute approximate surface area is 96.8 Å². The van der Waals surface area contributed by atoms with E-state index in [0.29, 0.717) is 23.5 Å². The SMILES string of the molecule is CC#CCCNc1ccccc1S(C)(=O)=O. The van der Waals surface area contributed by atoms with Crippen LogP contribution in [0, 0.1) is 11.8 Å². The highest BCUT2D eigenvalue weighted by molar-refractivity contribution is 7.90. The van der Waals surface area contributed by atoms with E-state index in [9.17, 15) is 8.42 Å². The van der Waals surface area contributed by atoms with Crippen LogP contribution in [0.3, 0.4) is 0 Å². The molecule has 86 valence electrons. The third kappa shape index (κ3) is 3.59. The first-order chi connectivity index (χ1) is 7.55. The summed E-state index contributed by atoms with van der Waals surface area (Å²) < 4.78 is 22.9. The smallest absolute Gasteiger partial charge is 0.177 e. The first-order valence-electron chi connectivity index (χ1n) is 4.98. The Bertz CT molecular complexity index is 509. The molecule has 0 bridgehead atoms. The molecule has 0 radical (unpaired) electrons. The molecule has 0 aliphatic carbocycles. The van der Waals surface area contributed by atoms with Crippen LogP contribution in [-0.4, -0.2) is 21.2 Å². The van der Waals surface area contributed by atoms with E-state index < -0.39 is 9.84 Å². The van der Waals surface area contributed by atoms with Gasteiger partial charge in [0, 0.05) is 19.2 Å². The topological polar surface area (TPSA) is 46.2 Å². The fraction of sp³-hybridized carbons (Fsp3) is 0.333. The van der Waals surface area contributed by atoms with Gasteiger partial charge in [0.25, 0.3) is 0 Å². The van der Waals surface area contributed by atoms with E-state index in [0.717, 1.165) is 0 Å². The van der Waals surface area contributed by atoms with Gasteiger partial charge in [0.15, 0.2) is 9.84 Å². The zero-order valence-corrected chi connectivity index (χ0v) is 10.3. The lowest BCUT2D eigenvalue weighted by atomic mass is 10.3. The minimum Gasteiger partial charge on any atom is -0.383 e. The van der Waals surface area contributed by atoms with Crippen LogP contribution in [0.2, 0.25) is 0 Å². The van der Waals surface area contributed by atoms with Crippen LogP contribution in [0.25, 0.3) is 0 Å². The molecule has 0 atom stereocenters. The van der Waals surface area contributed by atoms with Crippen molar-refractivity contribution in [3.05, 3.63) is 24.3 Å². The maximum absolute atomic E-state index is 11.5. The minimum absolute atomic E-state index is 0.333. The zero-order chi connectivity index (χ0) is 12.0. The second-order valence-electron chi connectivity index (χ2n) is 3.37. The Kier molecular flexibility index (Phi) is 4.39. The number of sulfone groups is 1. The highest BCUT2D eigenvalue weighted by atomic mass is 32.2. The van der Waals surface area contributed by atoms with E-state index in [-0.39, 0.29) is 0 Å². The second kappa shape index (κ2) is 5.57. The molecule has 0 heterocycles. The average molecular weight is 237 g/mol. The Morgan fingerprint density at radius 2 is 2.00 bits per heavy atom. The summed E-state index contributed by atoms with van der Waals surface area (Å²) in [5.74, 6) is 5.71. The van der Waals surface area contributed by atoms with Crippen LogP contribution in [0.1, 0.15) is 13.3 Å². The summed E-state index contributed by atoms with van der Waals surface area (Å²) in [6, 6.07) is 6.88. The molecule has 0 saturated carbocycles. The van der Waals surface area contributed by atoms with Gasteiger partial charge in [-0.2, -0.15) is 0 Å². The maximum atomic E-state index is 11.5. The molecule has 1 aromatic carbocycles. The third-order valence-corrected chi connectivity index (χ3v) is 3.18. The lowest BCUT2D eigenvalue weighted by Crippen LogP contribution is -2.06. The lowest BCUT2D eigenvalue weighted by Gasteiger charge is -2.08. The molecule has 1 rings (SSSR count). The number of para-hydroxylation sites is 1. The summed E-state index contributed by atoms with van der Waals surface area (Å²) in [7, 11) is -3.17. The summed E-state index contributed by atoms with van der Waals surface area (Å²) in [6.45, 7) is 2.43. The van der Waals surface area contributed by atoms with Gasteiger partial charge in [-0.15, -0.1) is 11.8 Å². The van der Waals surface area contributed by atoms with Crippen molar-refractivity contribution in [1.82, 2.24) is 0 Å². The third-order valence-electron chi connectivity index (χ3n) is 2.03. The molecule has 1 N–H and O–H groups in total. The predicted octanol–water partition coefficient (Wildman–Crippen LogP) is 1.92. The van der Waals surface area contributed by atoms with E-state index in [4.69, 9.17) is 0 Å². The van der Waals surface area contributed by atoms with Crippen molar-refractivity contribution in [2.45, 2.75) is 18.2 Å². The van der Waals surface area contributed by atoms with Gasteiger partial charge in [0.1, 0.15) is 0 Å². The van der Waals surface area contributed by atoms with Gasteiger partial charge >= 0.3 is 0 Å². The summed E-state index contributed by atoms with van der Waals surface area (Å²) in [5.41, 5.74) is 0.642. The highest BCUT2D eigenvalue weighted by Crippen LogP contribution is 2.20. The number of benzene rings is 1. The Hall–Kier alpha value is -1.47. The van der Waals surface area contributed by atoms with Crippen molar-refractivity contribution in [2.75, 3.05) is 18.1 Å². The van der Waals surface area contributed by atoms with Crippen molar-refractivity contribution < 1.29 is 8.42 Å². The molecule has 0 aliphatic rings. The average Bonchev–Trinajstić information content (AvgIpc) is 2.24. The fourth-order valence-electron chi connectivity index (χ4n) is 1.32. The Balaban J connectivity index is 2.83. The summed E-state index contributed by atoms with van der Waals surface area (Å²) >= 11 is 0. The van der Waals surface area contributed by atoms with Crippen LogP contribution in [0.4, 0.5) is 5.69 Å². The molecular weight excluding hydrogens is 222 g/mol. The molecule has 1 aromatic rings. The number of hydrogen-bond acceptors (Lipinski definition) is 3. The summed E-state index contributed by atoms with van der Waals surface area (Å²) in [5, 5.41) is 3.07. The number of anilines is 1. The molecule has 0 amide bonds. The molecule has 4 heteroatoms. The second-order valence-corrected chi connectivity index (χ2v) is 5.36. The molecule has 0 aliphatic heterocycles. The standard InChI is InChI=1S/C12H15NO2S/c1-3-4-7-10-13-11-8-5-6-9-12(11)16(2,14)15/h5-6,8-9,13H,7,10H2,1-2H3. The Morgan fingerprint density at radius 3 is 2.62 bits per heavy atom. The molecule has 16 heavy (non-hydrogen) atoms. The normalized spacial score (nSPS) is 10.4. The van der Waals surface area contributed by atoms with Crippen LogP contribution in [0.5, 0.6) is 0 Å². The highest BCUT2D eigenvalue weighted by Gasteiger charge is 2.11.